The minimum atomic E-state index is -4.58. The Hall–Kier alpha value is -3.39. The predicted octanol–water partition coefficient (Wildman–Crippen LogP) is 6.57. The number of alkyl halides is 4. The summed E-state index contributed by atoms with van der Waals surface area (Å²) >= 11 is 6.33. The number of aromatic nitrogens is 2. The smallest absolute Gasteiger partial charge is 0.435 e. The molecule has 1 aliphatic carbocycles. The van der Waals surface area contributed by atoms with Gasteiger partial charge in [0.05, 0.1) is 31.0 Å². The van der Waals surface area contributed by atoms with E-state index in [-0.39, 0.29) is 12.3 Å². The summed E-state index contributed by atoms with van der Waals surface area (Å²) in [5, 5.41) is 3.27. The number of nitrogens with zero attached hydrogens (tertiary/aromatic N) is 2. The van der Waals surface area contributed by atoms with E-state index < -0.39 is 17.2 Å². The molecule has 0 fully saturated rings. The second-order valence-electron chi connectivity index (χ2n) is 7.51. The first-order chi connectivity index (χ1) is 16.3. The summed E-state index contributed by atoms with van der Waals surface area (Å²) in [6.45, 7) is -0.116. The summed E-state index contributed by atoms with van der Waals surface area (Å²) in [7, 11) is 3.14. The van der Waals surface area contributed by atoms with E-state index in [1.165, 1.54) is 4.68 Å². The third kappa shape index (κ3) is 4.92. The second-order valence-corrected chi connectivity index (χ2v) is 8.03. The van der Waals surface area contributed by atoms with Crippen molar-refractivity contribution in [2.75, 3.05) is 14.2 Å². The summed E-state index contributed by atoms with van der Waals surface area (Å²) in [5.41, 5.74) is 1.44. The molecule has 34 heavy (non-hydrogen) atoms. The lowest BCUT2D eigenvalue weighted by Crippen LogP contribution is -2.16. The van der Waals surface area contributed by atoms with Gasteiger partial charge in [-0.3, -0.25) is 0 Å². The van der Waals surface area contributed by atoms with E-state index in [0.717, 1.165) is 17.2 Å². The highest BCUT2D eigenvalue weighted by Gasteiger charge is 2.36. The van der Waals surface area contributed by atoms with Crippen LogP contribution in [0.25, 0.3) is 16.8 Å². The summed E-state index contributed by atoms with van der Waals surface area (Å²) in [6.07, 6.45) is 1.19. The zero-order valence-electron chi connectivity index (χ0n) is 18.5. The van der Waals surface area contributed by atoms with Gasteiger partial charge in [-0.1, -0.05) is 36.4 Å². The third-order valence-corrected chi connectivity index (χ3v) is 5.74. The molecule has 0 aliphatic heterocycles. The van der Waals surface area contributed by atoms with Crippen LogP contribution in [0, 0.1) is 0 Å². The minimum absolute atomic E-state index is 0.116. The largest absolute Gasteiger partial charge is 0.493 e. The van der Waals surface area contributed by atoms with Crippen LogP contribution in [0.5, 0.6) is 17.2 Å². The zero-order valence-corrected chi connectivity index (χ0v) is 19.2. The Labute approximate surface area is 200 Å². The fourth-order valence-electron chi connectivity index (χ4n) is 3.68. The lowest BCUT2D eigenvalue weighted by molar-refractivity contribution is -0.141. The molecule has 0 amide bonds. The van der Waals surface area contributed by atoms with Crippen LogP contribution in [0.3, 0.4) is 0 Å². The van der Waals surface area contributed by atoms with Crippen LogP contribution in [-0.4, -0.2) is 29.4 Å². The molecule has 0 N–H and O–H groups in total. The number of allylic oxidation sites excluding steroid dienone is 4. The van der Waals surface area contributed by atoms with Crippen molar-refractivity contribution in [2.45, 2.75) is 24.6 Å². The number of halogens is 4. The number of hydrogen-bond acceptors (Lipinski definition) is 4. The highest BCUT2D eigenvalue weighted by molar-refractivity contribution is 6.25. The van der Waals surface area contributed by atoms with Crippen LogP contribution in [-0.2, 0) is 12.8 Å². The quantitative estimate of drug-likeness (QED) is 0.351. The first kappa shape index (κ1) is 23.8. The molecule has 5 nitrogen and oxygen atoms in total. The molecular formula is C25H22ClF3N2O3. The number of rotatable bonds is 7. The lowest BCUT2D eigenvalue weighted by atomic mass is 10.0. The Morgan fingerprint density at radius 1 is 1.09 bits per heavy atom. The first-order valence-corrected chi connectivity index (χ1v) is 10.9. The van der Waals surface area contributed by atoms with Crippen LogP contribution in [0.2, 0.25) is 0 Å². The van der Waals surface area contributed by atoms with Crippen LogP contribution in [0.4, 0.5) is 13.2 Å². The monoisotopic (exact) mass is 490 g/mol. The molecule has 0 bridgehead atoms. The van der Waals surface area contributed by atoms with Crippen LogP contribution >= 0.6 is 11.6 Å². The van der Waals surface area contributed by atoms with E-state index in [1.54, 1.807) is 44.6 Å². The summed E-state index contributed by atoms with van der Waals surface area (Å²) < 4.78 is 57.8. The van der Waals surface area contributed by atoms with Gasteiger partial charge in [0.15, 0.2) is 17.2 Å². The number of hydrogen-bond donors (Lipinski definition) is 0. The molecule has 2 aromatic carbocycles. The van der Waals surface area contributed by atoms with E-state index >= 15 is 0 Å². The molecule has 1 heterocycles. The molecule has 9 heteroatoms. The second kappa shape index (κ2) is 9.85. The number of methoxy groups -OCH3 is 2. The standard InChI is InChI=1S/C25H22ClF3N2O3/c1-32-22-9-5-6-19(24(22)33-2)16-10-12-18(13-11-16)34-15-17-14-23(25(27,28)29)30-31(17)21-8-4-3-7-20(21)26/h3-6,8-14,20H,7,15H2,1-2H3. The lowest BCUT2D eigenvalue weighted by Gasteiger charge is -2.18. The van der Waals surface area contributed by atoms with Gasteiger partial charge in [-0.25, -0.2) is 4.68 Å². The zero-order chi connectivity index (χ0) is 24.3. The topological polar surface area (TPSA) is 45.5 Å². The van der Waals surface area contributed by atoms with Gasteiger partial charge in [0.2, 0.25) is 0 Å². The number of benzene rings is 2. The van der Waals surface area contributed by atoms with Crippen molar-refractivity contribution in [3.05, 3.63) is 78.1 Å². The maximum Gasteiger partial charge on any atom is 0.435 e. The van der Waals surface area contributed by atoms with Crippen molar-refractivity contribution < 1.29 is 27.4 Å². The van der Waals surface area contributed by atoms with Gasteiger partial charge >= 0.3 is 6.18 Å². The van der Waals surface area contributed by atoms with Gasteiger partial charge in [0.25, 0.3) is 0 Å². The predicted molar refractivity (Wildman–Crippen MR) is 124 cm³/mol. The van der Waals surface area contributed by atoms with Crippen molar-refractivity contribution >= 4 is 17.3 Å². The number of ether oxygens (including phenoxy) is 3. The maximum atomic E-state index is 13.3. The molecule has 0 spiro atoms. The minimum Gasteiger partial charge on any atom is -0.493 e. The van der Waals surface area contributed by atoms with Crippen molar-refractivity contribution in [1.82, 2.24) is 9.78 Å². The Bertz CT molecular complexity index is 1220. The maximum absolute atomic E-state index is 13.3. The summed E-state index contributed by atoms with van der Waals surface area (Å²) in [4.78, 5) is 0. The van der Waals surface area contributed by atoms with Crippen molar-refractivity contribution in [3.8, 4) is 28.4 Å². The van der Waals surface area contributed by atoms with Gasteiger partial charge < -0.3 is 14.2 Å². The van der Waals surface area contributed by atoms with E-state index in [0.29, 0.717) is 29.4 Å². The molecular weight excluding hydrogens is 469 g/mol. The average Bonchev–Trinajstić information content (AvgIpc) is 3.27. The average molecular weight is 491 g/mol. The van der Waals surface area contributed by atoms with Gasteiger partial charge in [0.1, 0.15) is 12.4 Å². The Kier molecular flexibility index (Phi) is 6.88. The number of para-hydroxylation sites is 1. The summed E-state index contributed by atoms with van der Waals surface area (Å²) in [6, 6.07) is 13.7. The van der Waals surface area contributed by atoms with Crippen LogP contribution in [0.1, 0.15) is 17.8 Å². The van der Waals surface area contributed by atoms with Crippen LogP contribution in [0.15, 0.2) is 66.8 Å². The van der Waals surface area contributed by atoms with Gasteiger partial charge in [-0.05, 0) is 42.3 Å². The Balaban J connectivity index is 1.57. The van der Waals surface area contributed by atoms with Crippen molar-refractivity contribution in [1.29, 1.82) is 0 Å². The third-order valence-electron chi connectivity index (χ3n) is 5.34. The molecule has 0 saturated heterocycles. The van der Waals surface area contributed by atoms with Crippen molar-refractivity contribution in [2.24, 2.45) is 0 Å². The molecule has 178 valence electrons. The molecule has 1 atom stereocenters. The highest BCUT2D eigenvalue weighted by atomic mass is 35.5. The van der Waals surface area contributed by atoms with E-state index in [1.807, 2.05) is 30.3 Å². The van der Waals surface area contributed by atoms with Crippen molar-refractivity contribution in [3.63, 3.8) is 0 Å². The van der Waals surface area contributed by atoms with Gasteiger partial charge in [-0.15, -0.1) is 11.6 Å². The van der Waals surface area contributed by atoms with Gasteiger partial charge in [-0.2, -0.15) is 18.3 Å². The Morgan fingerprint density at radius 3 is 2.50 bits per heavy atom. The molecule has 4 rings (SSSR count). The first-order valence-electron chi connectivity index (χ1n) is 10.4. The molecule has 1 aromatic heterocycles. The van der Waals surface area contributed by atoms with Gasteiger partial charge in [0, 0.05) is 5.56 Å². The SMILES string of the molecule is COc1cccc(-c2ccc(OCc3cc(C(F)(F)F)nn3C3=CC=CCC3Cl)cc2)c1OC. The van der Waals surface area contributed by atoms with Crippen LogP contribution < -0.4 is 14.2 Å². The molecule has 0 radical (unpaired) electrons. The molecule has 1 aliphatic rings. The van der Waals surface area contributed by atoms with E-state index in [2.05, 4.69) is 5.10 Å². The molecule has 3 aromatic rings. The molecule has 0 saturated carbocycles. The van der Waals surface area contributed by atoms with E-state index in [9.17, 15) is 13.2 Å². The Morgan fingerprint density at radius 2 is 1.85 bits per heavy atom. The highest BCUT2D eigenvalue weighted by Crippen LogP contribution is 2.38. The summed E-state index contributed by atoms with van der Waals surface area (Å²) in [5.74, 6) is 1.71. The fraction of sp³-hybridized carbons (Fsp3) is 0.240. The van der Waals surface area contributed by atoms with E-state index in [4.69, 9.17) is 25.8 Å². The normalized spacial score (nSPS) is 15.7. The molecule has 1 unspecified atom stereocenters. The fourth-order valence-corrected chi connectivity index (χ4v) is 3.95.